The molecule has 2 aromatic carbocycles. The Labute approximate surface area is 133 Å². The Balaban J connectivity index is 1.81. The second-order valence-corrected chi connectivity index (χ2v) is 5.79. The van der Waals surface area contributed by atoms with E-state index in [4.69, 9.17) is 4.42 Å². The van der Waals surface area contributed by atoms with Gasteiger partial charge >= 0.3 is 0 Å². The number of hydrogen-bond acceptors (Lipinski definition) is 4. The van der Waals surface area contributed by atoms with Gasteiger partial charge in [0.25, 0.3) is 0 Å². The van der Waals surface area contributed by atoms with E-state index in [0.29, 0.717) is 5.89 Å². The number of hydrogen-bond donors (Lipinski definition) is 0. The average molecular weight is 388 g/mol. The lowest BCUT2D eigenvalue weighted by atomic mass is 10.2. The summed E-state index contributed by atoms with van der Waals surface area (Å²) in [6.45, 7) is 0. The van der Waals surface area contributed by atoms with Crippen LogP contribution in [0.15, 0.2) is 59.5 Å². The van der Waals surface area contributed by atoms with Gasteiger partial charge < -0.3 is 4.42 Å². The Morgan fingerprint density at radius 1 is 0.952 bits per heavy atom. The number of oxazole rings is 1. The van der Waals surface area contributed by atoms with Crippen molar-refractivity contribution >= 4 is 33.7 Å². The van der Waals surface area contributed by atoms with E-state index in [1.165, 1.54) is 3.57 Å². The number of nitrogens with zero attached hydrogens (tertiary/aromatic N) is 4. The summed E-state index contributed by atoms with van der Waals surface area (Å²) in [6, 6.07) is 13.9. The molecule has 0 aliphatic heterocycles. The van der Waals surface area contributed by atoms with Gasteiger partial charge in [0.05, 0.1) is 5.69 Å². The lowest BCUT2D eigenvalue weighted by molar-refractivity contribution is 0.620. The van der Waals surface area contributed by atoms with Crippen molar-refractivity contribution in [3.05, 3.63) is 58.7 Å². The standard InChI is InChI=1S/C15H9IN4O/c16-11-3-1-10(2-4-11)15-19-13-7-12(5-6-14(13)21-15)20-8-17-18-9-20/h1-9H. The van der Waals surface area contributed by atoms with E-state index in [-0.39, 0.29) is 0 Å². The number of aromatic nitrogens is 4. The summed E-state index contributed by atoms with van der Waals surface area (Å²) in [4.78, 5) is 4.56. The molecule has 0 amide bonds. The maximum Gasteiger partial charge on any atom is 0.227 e. The number of benzene rings is 2. The number of halogens is 1. The molecule has 0 saturated heterocycles. The highest BCUT2D eigenvalue weighted by atomic mass is 127. The molecule has 0 fully saturated rings. The maximum atomic E-state index is 5.81. The van der Waals surface area contributed by atoms with E-state index >= 15 is 0 Å². The quantitative estimate of drug-likeness (QED) is 0.492. The second kappa shape index (κ2) is 4.96. The van der Waals surface area contributed by atoms with Crippen LogP contribution in [0.1, 0.15) is 0 Å². The first-order chi connectivity index (χ1) is 10.3. The monoisotopic (exact) mass is 388 g/mol. The predicted molar refractivity (Wildman–Crippen MR) is 87.1 cm³/mol. The Morgan fingerprint density at radius 2 is 1.71 bits per heavy atom. The molecule has 21 heavy (non-hydrogen) atoms. The Hall–Kier alpha value is -2.22. The van der Waals surface area contributed by atoms with Gasteiger partial charge in [-0.3, -0.25) is 4.57 Å². The maximum absolute atomic E-state index is 5.81. The molecule has 4 rings (SSSR count). The summed E-state index contributed by atoms with van der Waals surface area (Å²) in [5, 5.41) is 7.62. The molecule has 0 radical (unpaired) electrons. The van der Waals surface area contributed by atoms with E-state index in [1.807, 2.05) is 47.0 Å². The van der Waals surface area contributed by atoms with Crippen LogP contribution in [0, 0.1) is 3.57 Å². The van der Waals surface area contributed by atoms with Crippen molar-refractivity contribution in [1.82, 2.24) is 19.7 Å². The Kier molecular flexibility index (Phi) is 2.95. The highest BCUT2D eigenvalue weighted by Crippen LogP contribution is 2.26. The minimum Gasteiger partial charge on any atom is -0.436 e. The largest absolute Gasteiger partial charge is 0.436 e. The first-order valence-corrected chi connectivity index (χ1v) is 7.39. The SMILES string of the molecule is Ic1ccc(-c2nc3cc(-n4cnnc4)ccc3o2)cc1. The number of fused-ring (bicyclic) bond motifs is 1. The van der Waals surface area contributed by atoms with Crippen molar-refractivity contribution < 1.29 is 4.42 Å². The van der Waals surface area contributed by atoms with Crippen LogP contribution in [0.2, 0.25) is 0 Å². The van der Waals surface area contributed by atoms with Gasteiger partial charge in [0.15, 0.2) is 5.58 Å². The third-order valence-electron chi connectivity index (χ3n) is 3.18. The summed E-state index contributed by atoms with van der Waals surface area (Å²) in [5.41, 5.74) is 3.50. The van der Waals surface area contributed by atoms with Gasteiger partial charge in [0.1, 0.15) is 18.2 Å². The molecule has 0 saturated carbocycles. The molecule has 6 heteroatoms. The topological polar surface area (TPSA) is 56.7 Å². The smallest absolute Gasteiger partial charge is 0.227 e. The zero-order valence-corrected chi connectivity index (χ0v) is 12.9. The van der Waals surface area contributed by atoms with E-state index in [2.05, 4.69) is 37.8 Å². The molecule has 0 spiro atoms. The third kappa shape index (κ3) is 2.31. The van der Waals surface area contributed by atoms with Crippen LogP contribution in [0.3, 0.4) is 0 Å². The molecule has 5 nitrogen and oxygen atoms in total. The molecule has 0 aliphatic carbocycles. The van der Waals surface area contributed by atoms with Crippen LogP contribution < -0.4 is 0 Å². The van der Waals surface area contributed by atoms with E-state index in [0.717, 1.165) is 22.4 Å². The fourth-order valence-electron chi connectivity index (χ4n) is 2.13. The Bertz CT molecular complexity index is 897. The molecule has 2 heterocycles. The van der Waals surface area contributed by atoms with Crippen molar-refractivity contribution in [2.24, 2.45) is 0 Å². The zero-order valence-electron chi connectivity index (χ0n) is 10.8. The van der Waals surface area contributed by atoms with Crippen molar-refractivity contribution in [2.45, 2.75) is 0 Å². The van der Waals surface area contributed by atoms with Crippen LogP contribution in [0.5, 0.6) is 0 Å². The molecular weight excluding hydrogens is 379 g/mol. The Morgan fingerprint density at radius 3 is 2.48 bits per heavy atom. The van der Waals surface area contributed by atoms with Crippen molar-refractivity contribution in [3.63, 3.8) is 0 Å². The van der Waals surface area contributed by atoms with Crippen LogP contribution in [-0.4, -0.2) is 19.7 Å². The molecule has 0 atom stereocenters. The molecule has 0 bridgehead atoms. The fraction of sp³-hybridized carbons (Fsp3) is 0. The van der Waals surface area contributed by atoms with E-state index in [9.17, 15) is 0 Å². The van der Waals surface area contributed by atoms with Gasteiger partial charge in [0, 0.05) is 9.13 Å². The minimum atomic E-state index is 0.627. The normalized spacial score (nSPS) is 11.1. The average Bonchev–Trinajstić information content (AvgIpc) is 3.16. The van der Waals surface area contributed by atoms with Crippen LogP contribution in [-0.2, 0) is 0 Å². The molecule has 0 N–H and O–H groups in total. The summed E-state index contributed by atoms with van der Waals surface area (Å²) in [6.07, 6.45) is 3.31. The number of rotatable bonds is 2. The second-order valence-electron chi connectivity index (χ2n) is 4.55. The lowest BCUT2D eigenvalue weighted by Crippen LogP contribution is -1.88. The van der Waals surface area contributed by atoms with Crippen LogP contribution in [0.25, 0.3) is 28.2 Å². The summed E-state index contributed by atoms with van der Waals surface area (Å²) >= 11 is 2.27. The van der Waals surface area contributed by atoms with Crippen molar-refractivity contribution in [2.75, 3.05) is 0 Å². The molecule has 0 aliphatic rings. The predicted octanol–water partition coefficient (Wildman–Crippen LogP) is 3.68. The first-order valence-electron chi connectivity index (χ1n) is 6.31. The zero-order chi connectivity index (χ0) is 14.2. The van der Waals surface area contributed by atoms with Gasteiger partial charge in [-0.15, -0.1) is 10.2 Å². The van der Waals surface area contributed by atoms with Crippen LogP contribution in [0.4, 0.5) is 0 Å². The van der Waals surface area contributed by atoms with Gasteiger partial charge in [0.2, 0.25) is 5.89 Å². The minimum absolute atomic E-state index is 0.627. The van der Waals surface area contributed by atoms with Gasteiger partial charge in [-0.25, -0.2) is 4.98 Å². The lowest BCUT2D eigenvalue weighted by Gasteiger charge is -1.98. The molecule has 0 unspecified atom stereocenters. The molecule has 2 aromatic heterocycles. The van der Waals surface area contributed by atoms with Crippen molar-refractivity contribution in [1.29, 1.82) is 0 Å². The highest BCUT2D eigenvalue weighted by molar-refractivity contribution is 14.1. The summed E-state index contributed by atoms with van der Waals surface area (Å²) in [7, 11) is 0. The third-order valence-corrected chi connectivity index (χ3v) is 3.90. The van der Waals surface area contributed by atoms with E-state index in [1.54, 1.807) is 12.7 Å². The van der Waals surface area contributed by atoms with Gasteiger partial charge in [-0.05, 0) is 65.1 Å². The molecular formula is C15H9IN4O. The fourth-order valence-corrected chi connectivity index (χ4v) is 2.49. The van der Waals surface area contributed by atoms with Gasteiger partial charge in [-0.1, -0.05) is 0 Å². The summed E-state index contributed by atoms with van der Waals surface area (Å²) in [5.74, 6) is 0.627. The van der Waals surface area contributed by atoms with E-state index < -0.39 is 0 Å². The molecule has 4 aromatic rings. The van der Waals surface area contributed by atoms with Crippen molar-refractivity contribution in [3.8, 4) is 17.1 Å². The summed E-state index contributed by atoms with van der Waals surface area (Å²) < 4.78 is 8.83. The van der Waals surface area contributed by atoms with Gasteiger partial charge in [-0.2, -0.15) is 0 Å². The van der Waals surface area contributed by atoms with Crippen LogP contribution >= 0.6 is 22.6 Å². The first kappa shape index (κ1) is 12.5. The highest BCUT2D eigenvalue weighted by Gasteiger charge is 2.09. The molecule has 102 valence electrons.